The Kier molecular flexibility index (Phi) is 4.38. The van der Waals surface area contributed by atoms with Crippen LogP contribution in [0.25, 0.3) is 5.65 Å². The fourth-order valence-corrected chi connectivity index (χ4v) is 2.90. The first-order valence-corrected chi connectivity index (χ1v) is 7.78. The Morgan fingerprint density at radius 3 is 2.95 bits per heavy atom. The quantitative estimate of drug-likeness (QED) is 0.907. The molecule has 0 saturated heterocycles. The number of amides is 2. The Bertz CT molecular complexity index is 568. The molecule has 2 aromatic rings. The molecule has 21 heavy (non-hydrogen) atoms. The smallest absolute Gasteiger partial charge is 0.315 e. The molecule has 2 heterocycles. The number of rotatable bonds is 4. The lowest BCUT2D eigenvalue weighted by Crippen LogP contribution is -2.43. The standard InChI is InChI=1S/C16H22N4O/c21-16(19-13-6-2-1-3-7-13)17-10-9-14-12-20-11-5-4-8-15(20)18-14/h4-5,8,11-13H,1-3,6-7,9-10H2,(H2,17,19,21). The minimum atomic E-state index is -0.0503. The summed E-state index contributed by atoms with van der Waals surface area (Å²) in [6.07, 6.45) is 10.7. The van der Waals surface area contributed by atoms with Crippen LogP contribution in [0.3, 0.4) is 0 Å². The molecule has 5 nitrogen and oxygen atoms in total. The summed E-state index contributed by atoms with van der Waals surface area (Å²) in [5.74, 6) is 0. The molecular formula is C16H22N4O. The highest BCUT2D eigenvalue weighted by Gasteiger charge is 2.15. The number of imidazole rings is 1. The molecule has 1 aliphatic rings. The van der Waals surface area contributed by atoms with Crippen LogP contribution in [0.5, 0.6) is 0 Å². The molecule has 0 spiro atoms. The summed E-state index contributed by atoms with van der Waals surface area (Å²) >= 11 is 0. The summed E-state index contributed by atoms with van der Waals surface area (Å²) in [5.41, 5.74) is 1.94. The number of aromatic nitrogens is 2. The van der Waals surface area contributed by atoms with Crippen LogP contribution in [0.1, 0.15) is 37.8 Å². The number of nitrogens with zero attached hydrogens (tertiary/aromatic N) is 2. The van der Waals surface area contributed by atoms with Crippen molar-refractivity contribution in [3.8, 4) is 0 Å². The number of hydrogen-bond donors (Lipinski definition) is 2. The zero-order valence-corrected chi connectivity index (χ0v) is 12.2. The van der Waals surface area contributed by atoms with Gasteiger partial charge in [-0.3, -0.25) is 0 Å². The largest absolute Gasteiger partial charge is 0.338 e. The van der Waals surface area contributed by atoms with Crippen LogP contribution >= 0.6 is 0 Å². The van der Waals surface area contributed by atoms with E-state index in [4.69, 9.17) is 0 Å². The van der Waals surface area contributed by atoms with Crippen LogP contribution < -0.4 is 10.6 Å². The number of nitrogens with one attached hydrogen (secondary N) is 2. The van der Waals surface area contributed by atoms with Crippen molar-refractivity contribution >= 4 is 11.7 Å². The fraction of sp³-hybridized carbons (Fsp3) is 0.500. The van der Waals surface area contributed by atoms with Crippen LogP contribution in [0, 0.1) is 0 Å². The second-order valence-corrected chi connectivity index (χ2v) is 5.68. The summed E-state index contributed by atoms with van der Waals surface area (Å²) in [6, 6.07) is 6.24. The monoisotopic (exact) mass is 286 g/mol. The summed E-state index contributed by atoms with van der Waals surface area (Å²) in [5, 5.41) is 5.98. The minimum Gasteiger partial charge on any atom is -0.338 e. The highest BCUT2D eigenvalue weighted by molar-refractivity contribution is 5.74. The maximum absolute atomic E-state index is 11.8. The van der Waals surface area contributed by atoms with Crippen LogP contribution in [0.4, 0.5) is 4.79 Å². The van der Waals surface area contributed by atoms with Crippen molar-refractivity contribution < 1.29 is 4.79 Å². The maximum atomic E-state index is 11.8. The van der Waals surface area contributed by atoms with Crippen molar-refractivity contribution in [3.63, 3.8) is 0 Å². The van der Waals surface area contributed by atoms with Crippen molar-refractivity contribution in [1.82, 2.24) is 20.0 Å². The third-order valence-electron chi connectivity index (χ3n) is 4.02. The molecule has 0 aliphatic heterocycles. The van der Waals surface area contributed by atoms with E-state index < -0.39 is 0 Å². The second-order valence-electron chi connectivity index (χ2n) is 5.68. The van der Waals surface area contributed by atoms with Crippen LogP contribution in [-0.2, 0) is 6.42 Å². The molecule has 2 N–H and O–H groups in total. The van der Waals surface area contributed by atoms with Gasteiger partial charge in [-0.05, 0) is 25.0 Å². The van der Waals surface area contributed by atoms with Gasteiger partial charge in [-0.1, -0.05) is 25.3 Å². The van der Waals surface area contributed by atoms with Crippen LogP contribution in [0.2, 0.25) is 0 Å². The molecule has 0 unspecified atom stereocenters. The van der Waals surface area contributed by atoms with Gasteiger partial charge >= 0.3 is 6.03 Å². The van der Waals surface area contributed by atoms with Gasteiger partial charge in [0, 0.05) is 31.4 Å². The van der Waals surface area contributed by atoms with E-state index in [0.29, 0.717) is 12.6 Å². The normalized spacial score (nSPS) is 16.0. The van der Waals surface area contributed by atoms with Crippen LogP contribution in [0.15, 0.2) is 30.6 Å². The maximum Gasteiger partial charge on any atom is 0.315 e. The SMILES string of the molecule is O=C(NCCc1cn2ccccc2n1)NC1CCCCC1. The molecule has 1 saturated carbocycles. The predicted octanol–water partition coefficient (Wildman–Crippen LogP) is 2.51. The lowest BCUT2D eigenvalue weighted by Gasteiger charge is -2.22. The van der Waals surface area contributed by atoms with E-state index >= 15 is 0 Å². The van der Waals surface area contributed by atoms with Gasteiger partial charge in [0.1, 0.15) is 5.65 Å². The molecule has 112 valence electrons. The van der Waals surface area contributed by atoms with Gasteiger partial charge in [0.25, 0.3) is 0 Å². The van der Waals surface area contributed by atoms with Gasteiger partial charge in [0.05, 0.1) is 5.69 Å². The molecule has 0 radical (unpaired) electrons. The second kappa shape index (κ2) is 6.61. The van der Waals surface area contributed by atoms with Gasteiger partial charge in [-0.2, -0.15) is 0 Å². The van der Waals surface area contributed by atoms with Gasteiger partial charge in [-0.15, -0.1) is 0 Å². The first kappa shape index (κ1) is 13.9. The van der Waals surface area contributed by atoms with Crippen LogP contribution in [-0.4, -0.2) is 28.0 Å². The predicted molar refractivity (Wildman–Crippen MR) is 82.3 cm³/mol. The average Bonchev–Trinajstić information content (AvgIpc) is 2.91. The highest BCUT2D eigenvalue weighted by atomic mass is 16.2. The first-order chi connectivity index (χ1) is 10.3. The molecular weight excluding hydrogens is 264 g/mol. The molecule has 1 fully saturated rings. The topological polar surface area (TPSA) is 58.4 Å². The Morgan fingerprint density at radius 1 is 1.29 bits per heavy atom. The summed E-state index contributed by atoms with van der Waals surface area (Å²) in [7, 11) is 0. The molecule has 3 rings (SSSR count). The molecule has 0 aromatic carbocycles. The number of carbonyl (C=O) groups is 1. The third kappa shape index (κ3) is 3.74. The lowest BCUT2D eigenvalue weighted by molar-refractivity contribution is 0.233. The van der Waals surface area contributed by atoms with Crippen molar-refractivity contribution in [2.75, 3.05) is 6.54 Å². The highest BCUT2D eigenvalue weighted by Crippen LogP contribution is 2.17. The average molecular weight is 286 g/mol. The Balaban J connectivity index is 1.43. The van der Waals surface area contributed by atoms with E-state index in [2.05, 4.69) is 15.6 Å². The van der Waals surface area contributed by atoms with Gasteiger partial charge in [0.2, 0.25) is 0 Å². The minimum absolute atomic E-state index is 0.0503. The van der Waals surface area contributed by atoms with Crippen molar-refractivity contribution in [3.05, 3.63) is 36.3 Å². The molecule has 2 amide bonds. The summed E-state index contributed by atoms with van der Waals surface area (Å²) in [4.78, 5) is 16.3. The Morgan fingerprint density at radius 2 is 2.14 bits per heavy atom. The van der Waals surface area contributed by atoms with E-state index in [9.17, 15) is 4.79 Å². The van der Waals surface area contributed by atoms with E-state index in [1.807, 2.05) is 35.0 Å². The Labute approximate surface area is 124 Å². The zero-order valence-electron chi connectivity index (χ0n) is 12.2. The number of fused-ring (bicyclic) bond motifs is 1. The molecule has 2 aromatic heterocycles. The zero-order chi connectivity index (χ0) is 14.5. The van der Waals surface area contributed by atoms with Gasteiger partial charge in [-0.25, -0.2) is 9.78 Å². The van der Waals surface area contributed by atoms with Gasteiger partial charge in [0.15, 0.2) is 0 Å². The number of urea groups is 1. The summed E-state index contributed by atoms with van der Waals surface area (Å²) < 4.78 is 2.00. The number of pyridine rings is 1. The lowest BCUT2D eigenvalue weighted by atomic mass is 9.96. The first-order valence-electron chi connectivity index (χ1n) is 7.78. The van der Waals surface area contributed by atoms with Crippen molar-refractivity contribution in [2.24, 2.45) is 0 Å². The number of carbonyl (C=O) groups excluding carboxylic acids is 1. The van der Waals surface area contributed by atoms with E-state index in [1.165, 1.54) is 19.3 Å². The van der Waals surface area contributed by atoms with Crippen molar-refractivity contribution in [2.45, 2.75) is 44.6 Å². The fourth-order valence-electron chi connectivity index (χ4n) is 2.90. The summed E-state index contributed by atoms with van der Waals surface area (Å²) in [6.45, 7) is 0.614. The molecule has 0 bridgehead atoms. The van der Waals surface area contributed by atoms with E-state index in [1.54, 1.807) is 0 Å². The molecule has 1 aliphatic carbocycles. The molecule has 0 atom stereocenters. The van der Waals surface area contributed by atoms with Crippen molar-refractivity contribution in [1.29, 1.82) is 0 Å². The van der Waals surface area contributed by atoms with Gasteiger partial charge < -0.3 is 15.0 Å². The third-order valence-corrected chi connectivity index (χ3v) is 4.02. The van der Waals surface area contributed by atoms with E-state index in [-0.39, 0.29) is 6.03 Å². The van der Waals surface area contributed by atoms with E-state index in [0.717, 1.165) is 30.6 Å². The number of hydrogen-bond acceptors (Lipinski definition) is 2. The molecule has 5 heteroatoms. The Hall–Kier alpha value is -2.04.